The van der Waals surface area contributed by atoms with Crippen LogP contribution < -0.4 is 27.2 Å². The molecule has 12 heteroatoms. The number of carbonyl (C=O) groups is 1. The Morgan fingerprint density at radius 1 is 1.29 bits per heavy atom. The topological polar surface area (TPSA) is 171 Å². The van der Waals surface area contributed by atoms with Gasteiger partial charge in [-0.15, -0.1) is 0 Å². The standard InChI is InChI=1S/C16H22N6O5S/c1-2-27-12(10-22-8-7-14(17)21-16(22)24)9-19-15(23)20-11-3-5-13(6-4-11)28(18,25)26/h3-8,12H,2,9-10H2,1H3,(H2,17,21,24)(H2,18,25,26)(H2,19,20,23). The van der Waals surface area contributed by atoms with Crippen molar-refractivity contribution < 1.29 is 17.9 Å². The summed E-state index contributed by atoms with van der Waals surface area (Å²) < 4.78 is 29.3. The average molecular weight is 410 g/mol. The third-order valence-corrected chi connectivity index (χ3v) is 4.56. The van der Waals surface area contributed by atoms with Crippen molar-refractivity contribution in [2.24, 2.45) is 5.14 Å². The molecule has 0 aliphatic carbocycles. The summed E-state index contributed by atoms with van der Waals surface area (Å²) in [6, 6.07) is 6.38. The number of hydrogen-bond acceptors (Lipinski definition) is 7. The van der Waals surface area contributed by atoms with E-state index in [4.69, 9.17) is 15.6 Å². The number of benzene rings is 1. The first-order chi connectivity index (χ1) is 13.2. The second-order valence-electron chi connectivity index (χ2n) is 5.77. The minimum Gasteiger partial charge on any atom is -0.383 e. The largest absolute Gasteiger partial charge is 0.383 e. The molecule has 0 saturated carbocycles. The van der Waals surface area contributed by atoms with E-state index >= 15 is 0 Å². The predicted octanol–water partition coefficient (Wildman–Crippen LogP) is -0.300. The molecule has 6 N–H and O–H groups in total. The summed E-state index contributed by atoms with van der Waals surface area (Å²) in [5, 5.41) is 10.2. The van der Waals surface area contributed by atoms with Gasteiger partial charge in [0.15, 0.2) is 0 Å². The zero-order chi connectivity index (χ0) is 20.7. The summed E-state index contributed by atoms with van der Waals surface area (Å²) in [6.07, 6.45) is 1.03. The Morgan fingerprint density at radius 3 is 2.54 bits per heavy atom. The zero-order valence-electron chi connectivity index (χ0n) is 15.2. The second-order valence-corrected chi connectivity index (χ2v) is 7.33. The molecule has 2 rings (SSSR count). The first kappa shape index (κ1) is 21.3. The number of nitrogens with two attached hydrogens (primary N) is 2. The first-order valence-electron chi connectivity index (χ1n) is 8.31. The van der Waals surface area contributed by atoms with E-state index in [0.29, 0.717) is 12.3 Å². The lowest BCUT2D eigenvalue weighted by Crippen LogP contribution is -2.40. The molecule has 0 saturated heterocycles. The number of nitrogen functional groups attached to an aromatic ring is 1. The Kier molecular flexibility index (Phi) is 7.09. The highest BCUT2D eigenvalue weighted by Crippen LogP contribution is 2.12. The number of nitrogens with zero attached hydrogens (tertiary/aromatic N) is 2. The number of urea groups is 1. The number of aromatic nitrogens is 2. The van der Waals surface area contributed by atoms with E-state index in [2.05, 4.69) is 15.6 Å². The van der Waals surface area contributed by atoms with Crippen molar-refractivity contribution >= 4 is 27.6 Å². The highest BCUT2D eigenvalue weighted by molar-refractivity contribution is 7.89. The smallest absolute Gasteiger partial charge is 0.349 e. The number of sulfonamides is 1. The summed E-state index contributed by atoms with van der Waals surface area (Å²) in [5.74, 6) is 0.125. The van der Waals surface area contributed by atoms with Crippen molar-refractivity contribution in [3.05, 3.63) is 47.0 Å². The Morgan fingerprint density at radius 2 is 1.96 bits per heavy atom. The molecular formula is C16H22N6O5S. The molecule has 0 spiro atoms. The lowest BCUT2D eigenvalue weighted by molar-refractivity contribution is 0.0515. The lowest BCUT2D eigenvalue weighted by Gasteiger charge is -2.19. The minimum atomic E-state index is -3.80. The molecule has 152 valence electrons. The fourth-order valence-electron chi connectivity index (χ4n) is 2.32. The van der Waals surface area contributed by atoms with Crippen LogP contribution >= 0.6 is 0 Å². The van der Waals surface area contributed by atoms with Crippen molar-refractivity contribution in [2.45, 2.75) is 24.5 Å². The highest BCUT2D eigenvalue weighted by Gasteiger charge is 2.13. The quantitative estimate of drug-likeness (QED) is 0.462. The molecule has 0 bridgehead atoms. The molecule has 1 aromatic carbocycles. The Hall–Kier alpha value is -2.96. The maximum Gasteiger partial charge on any atom is 0.349 e. The monoisotopic (exact) mass is 410 g/mol. The van der Waals surface area contributed by atoms with Crippen LogP contribution in [0.25, 0.3) is 0 Å². The molecule has 2 amide bonds. The van der Waals surface area contributed by atoms with Crippen molar-refractivity contribution in [1.29, 1.82) is 0 Å². The Balaban J connectivity index is 1.93. The van der Waals surface area contributed by atoms with Gasteiger partial charge < -0.3 is 21.1 Å². The van der Waals surface area contributed by atoms with Crippen LogP contribution in [-0.2, 0) is 21.3 Å². The van der Waals surface area contributed by atoms with E-state index in [1.807, 2.05) is 0 Å². The van der Waals surface area contributed by atoms with E-state index in [1.54, 1.807) is 6.92 Å². The lowest BCUT2D eigenvalue weighted by atomic mass is 10.3. The van der Waals surface area contributed by atoms with Crippen molar-refractivity contribution in [1.82, 2.24) is 14.9 Å². The number of ether oxygens (including phenoxy) is 1. The Bertz CT molecular complexity index is 974. The molecule has 2 aromatic rings. The molecule has 1 aromatic heterocycles. The third kappa shape index (κ3) is 6.33. The number of primary sulfonamides is 1. The van der Waals surface area contributed by atoms with Crippen molar-refractivity contribution in [2.75, 3.05) is 24.2 Å². The number of anilines is 2. The number of amides is 2. The fourth-order valence-corrected chi connectivity index (χ4v) is 2.84. The predicted molar refractivity (Wildman–Crippen MR) is 103 cm³/mol. The van der Waals surface area contributed by atoms with Crippen LogP contribution in [0.1, 0.15) is 6.92 Å². The van der Waals surface area contributed by atoms with Gasteiger partial charge >= 0.3 is 11.7 Å². The molecule has 1 heterocycles. The van der Waals surface area contributed by atoms with E-state index in [1.165, 1.54) is 41.1 Å². The molecule has 1 unspecified atom stereocenters. The van der Waals surface area contributed by atoms with E-state index in [0.717, 1.165) is 0 Å². The zero-order valence-corrected chi connectivity index (χ0v) is 16.0. The van der Waals surface area contributed by atoms with Crippen LogP contribution in [0, 0.1) is 0 Å². The molecule has 28 heavy (non-hydrogen) atoms. The number of carbonyl (C=O) groups excluding carboxylic acids is 1. The number of nitrogens with one attached hydrogen (secondary N) is 2. The number of hydrogen-bond donors (Lipinski definition) is 4. The molecule has 0 radical (unpaired) electrons. The summed E-state index contributed by atoms with van der Waals surface area (Å²) in [6.45, 7) is 2.50. The maximum absolute atomic E-state index is 12.0. The summed E-state index contributed by atoms with van der Waals surface area (Å²) >= 11 is 0. The number of rotatable bonds is 8. The van der Waals surface area contributed by atoms with E-state index in [9.17, 15) is 18.0 Å². The van der Waals surface area contributed by atoms with Crippen molar-refractivity contribution in [3.8, 4) is 0 Å². The van der Waals surface area contributed by atoms with Gasteiger partial charge in [0.1, 0.15) is 5.82 Å². The van der Waals surface area contributed by atoms with Gasteiger partial charge in [-0.2, -0.15) is 4.98 Å². The van der Waals surface area contributed by atoms with Crippen LogP contribution in [0.2, 0.25) is 0 Å². The Labute approximate surface area is 161 Å². The molecular weight excluding hydrogens is 388 g/mol. The van der Waals surface area contributed by atoms with E-state index < -0.39 is 27.8 Å². The van der Waals surface area contributed by atoms with Crippen LogP contribution in [0.5, 0.6) is 0 Å². The van der Waals surface area contributed by atoms with Gasteiger partial charge in [-0.05, 0) is 37.3 Å². The van der Waals surface area contributed by atoms with E-state index in [-0.39, 0.29) is 23.8 Å². The molecule has 0 aliphatic heterocycles. The van der Waals surface area contributed by atoms with Crippen LogP contribution in [-0.4, -0.2) is 43.3 Å². The van der Waals surface area contributed by atoms with Gasteiger partial charge in [0, 0.05) is 25.0 Å². The minimum absolute atomic E-state index is 0.0579. The third-order valence-electron chi connectivity index (χ3n) is 3.63. The van der Waals surface area contributed by atoms with Crippen molar-refractivity contribution in [3.63, 3.8) is 0 Å². The molecule has 11 nitrogen and oxygen atoms in total. The van der Waals surface area contributed by atoms with Crippen LogP contribution in [0.15, 0.2) is 46.2 Å². The van der Waals surface area contributed by atoms with Gasteiger partial charge in [-0.1, -0.05) is 0 Å². The first-order valence-corrected chi connectivity index (χ1v) is 9.86. The highest BCUT2D eigenvalue weighted by atomic mass is 32.2. The second kappa shape index (κ2) is 9.30. The van der Waals surface area contributed by atoms with Gasteiger partial charge in [-0.3, -0.25) is 4.57 Å². The SMILES string of the molecule is CCOC(CNC(=O)Nc1ccc(S(N)(=O)=O)cc1)Cn1ccc(N)nc1=O. The van der Waals surface area contributed by atoms with Gasteiger partial charge in [-0.25, -0.2) is 23.1 Å². The average Bonchev–Trinajstić information content (AvgIpc) is 2.62. The summed E-state index contributed by atoms with van der Waals surface area (Å²) in [5.41, 5.74) is 5.34. The van der Waals surface area contributed by atoms with Crippen LogP contribution in [0.3, 0.4) is 0 Å². The normalized spacial score (nSPS) is 12.4. The molecule has 0 aliphatic rings. The van der Waals surface area contributed by atoms with Gasteiger partial charge in [0.05, 0.1) is 17.5 Å². The summed E-state index contributed by atoms with van der Waals surface area (Å²) in [7, 11) is -3.80. The molecule has 0 fully saturated rings. The van der Waals surface area contributed by atoms with Gasteiger partial charge in [0.2, 0.25) is 10.0 Å². The maximum atomic E-state index is 12.0. The molecule has 1 atom stereocenters. The summed E-state index contributed by atoms with van der Waals surface area (Å²) in [4.78, 5) is 27.5. The van der Waals surface area contributed by atoms with Crippen LogP contribution in [0.4, 0.5) is 16.3 Å². The fraction of sp³-hybridized carbons (Fsp3) is 0.312. The van der Waals surface area contributed by atoms with Gasteiger partial charge in [0.25, 0.3) is 0 Å².